The number of carbonyl (C=O) groups excluding carboxylic acids is 1. The van der Waals surface area contributed by atoms with Gasteiger partial charge in [-0.15, -0.1) is 0 Å². The molecule has 0 spiro atoms. The molecule has 1 atom stereocenters. The summed E-state index contributed by atoms with van der Waals surface area (Å²) in [6, 6.07) is 3.88. The number of aliphatic hydroxyl groups is 1. The Morgan fingerprint density at radius 3 is 2.57 bits per heavy atom. The molecule has 0 aliphatic carbocycles. The van der Waals surface area contributed by atoms with Crippen LogP contribution in [-0.2, 0) is 11.3 Å². The van der Waals surface area contributed by atoms with Gasteiger partial charge in [-0.2, -0.15) is 0 Å². The second kappa shape index (κ2) is 7.80. The van der Waals surface area contributed by atoms with Crippen LogP contribution < -0.4 is 10.6 Å². The maximum atomic E-state index is 11.6. The smallest absolute Gasteiger partial charge is 0.326 e. The number of nitrogens with one attached hydrogen (secondary N) is 2. The summed E-state index contributed by atoms with van der Waals surface area (Å²) in [7, 11) is 0. The molecule has 1 aromatic rings. The number of hydrogen-bond acceptors (Lipinski definition) is 5. The lowest BCUT2D eigenvalue weighted by Gasteiger charge is -2.14. The van der Waals surface area contributed by atoms with E-state index in [4.69, 9.17) is 10.2 Å². The third kappa shape index (κ3) is 5.07. The number of nitrogens with zero attached hydrogens (tertiary/aromatic N) is 1. The summed E-state index contributed by atoms with van der Waals surface area (Å²) in [5.41, 5.74) is 0.162. The van der Waals surface area contributed by atoms with Crippen LogP contribution in [-0.4, -0.2) is 39.8 Å². The minimum atomic E-state index is -1.27. The van der Waals surface area contributed by atoms with Crippen molar-refractivity contribution in [2.24, 2.45) is 0 Å². The number of benzene rings is 1. The highest BCUT2D eigenvalue weighted by Gasteiger charge is 2.19. The Morgan fingerprint density at radius 1 is 1.33 bits per heavy atom. The van der Waals surface area contributed by atoms with Crippen molar-refractivity contribution in [3.05, 3.63) is 39.9 Å². The molecule has 1 aromatic carbocycles. The zero-order valence-electron chi connectivity index (χ0n) is 11.0. The van der Waals surface area contributed by atoms with Gasteiger partial charge in [0.05, 0.1) is 11.5 Å². The molecule has 0 saturated heterocycles. The van der Waals surface area contributed by atoms with Gasteiger partial charge in [0.25, 0.3) is 5.69 Å². The Bertz CT molecular complexity index is 533. The SMILES string of the molecule is O=C(NCc1ccccc1[N+](=O)[O-])N[C@H](CCO)C(=O)O. The molecule has 0 unspecified atom stereocenters. The molecule has 0 aromatic heterocycles. The average molecular weight is 297 g/mol. The summed E-state index contributed by atoms with van der Waals surface area (Å²) in [6.07, 6.45) is -0.131. The zero-order chi connectivity index (χ0) is 15.8. The van der Waals surface area contributed by atoms with E-state index in [9.17, 15) is 19.7 Å². The summed E-state index contributed by atoms with van der Waals surface area (Å²) in [5, 5.41) is 32.8. The van der Waals surface area contributed by atoms with Gasteiger partial charge in [0.15, 0.2) is 0 Å². The quantitative estimate of drug-likeness (QED) is 0.419. The van der Waals surface area contributed by atoms with Crippen LogP contribution in [0, 0.1) is 10.1 Å². The molecule has 114 valence electrons. The predicted octanol–water partition coefficient (Wildman–Crippen LogP) is 0.230. The van der Waals surface area contributed by atoms with E-state index in [0.29, 0.717) is 5.56 Å². The Labute approximate surface area is 119 Å². The van der Waals surface area contributed by atoms with Gasteiger partial charge in [-0.1, -0.05) is 18.2 Å². The third-order valence-corrected chi connectivity index (χ3v) is 2.65. The van der Waals surface area contributed by atoms with E-state index in [2.05, 4.69) is 10.6 Å². The van der Waals surface area contributed by atoms with Crippen LogP contribution in [0.25, 0.3) is 0 Å². The molecule has 0 saturated carbocycles. The van der Waals surface area contributed by atoms with Crippen LogP contribution >= 0.6 is 0 Å². The maximum Gasteiger partial charge on any atom is 0.326 e. The van der Waals surface area contributed by atoms with Gasteiger partial charge in [0.2, 0.25) is 0 Å². The van der Waals surface area contributed by atoms with Crippen LogP contribution in [0.15, 0.2) is 24.3 Å². The van der Waals surface area contributed by atoms with E-state index >= 15 is 0 Å². The van der Waals surface area contributed by atoms with Crippen LogP contribution in [0.2, 0.25) is 0 Å². The first-order valence-corrected chi connectivity index (χ1v) is 6.06. The second-order valence-electron chi connectivity index (χ2n) is 4.12. The Hall–Kier alpha value is -2.68. The summed E-state index contributed by atoms with van der Waals surface area (Å²) in [4.78, 5) is 32.6. The second-order valence-corrected chi connectivity index (χ2v) is 4.12. The fourth-order valence-corrected chi connectivity index (χ4v) is 1.61. The fraction of sp³-hybridized carbons (Fsp3) is 0.333. The number of aliphatic carboxylic acids is 1. The van der Waals surface area contributed by atoms with Crippen molar-refractivity contribution in [1.29, 1.82) is 0 Å². The van der Waals surface area contributed by atoms with Crippen molar-refractivity contribution < 1.29 is 24.7 Å². The normalized spacial score (nSPS) is 11.5. The number of amides is 2. The molecular formula is C12H15N3O6. The largest absolute Gasteiger partial charge is 0.480 e. The molecule has 0 heterocycles. The van der Waals surface area contributed by atoms with Gasteiger partial charge in [-0.3, -0.25) is 10.1 Å². The van der Waals surface area contributed by atoms with Crippen LogP contribution in [0.1, 0.15) is 12.0 Å². The van der Waals surface area contributed by atoms with Gasteiger partial charge in [-0.05, 0) is 0 Å². The van der Waals surface area contributed by atoms with E-state index in [-0.39, 0.29) is 25.3 Å². The van der Waals surface area contributed by atoms with Crippen molar-refractivity contribution in [1.82, 2.24) is 10.6 Å². The average Bonchev–Trinajstić information content (AvgIpc) is 2.44. The van der Waals surface area contributed by atoms with Crippen molar-refractivity contribution in [3.63, 3.8) is 0 Å². The maximum absolute atomic E-state index is 11.6. The van der Waals surface area contributed by atoms with E-state index in [1.54, 1.807) is 6.07 Å². The van der Waals surface area contributed by atoms with E-state index in [1.807, 2.05) is 0 Å². The molecule has 1 rings (SSSR count). The monoisotopic (exact) mass is 297 g/mol. The first kappa shape index (κ1) is 16.4. The fourth-order valence-electron chi connectivity index (χ4n) is 1.61. The first-order valence-electron chi connectivity index (χ1n) is 6.06. The van der Waals surface area contributed by atoms with Gasteiger partial charge in [0.1, 0.15) is 6.04 Å². The Morgan fingerprint density at radius 2 is 2.00 bits per heavy atom. The van der Waals surface area contributed by atoms with Crippen molar-refractivity contribution in [2.75, 3.05) is 6.61 Å². The summed E-state index contributed by atoms with van der Waals surface area (Å²) in [5.74, 6) is -1.27. The number of carbonyl (C=O) groups is 2. The van der Waals surface area contributed by atoms with Crippen LogP contribution in [0.3, 0.4) is 0 Å². The topological polar surface area (TPSA) is 142 Å². The lowest BCUT2D eigenvalue weighted by molar-refractivity contribution is -0.385. The van der Waals surface area contributed by atoms with E-state index in [0.717, 1.165) is 0 Å². The number of carboxylic acids is 1. The first-order chi connectivity index (χ1) is 9.95. The number of nitro groups is 1. The number of nitro benzene ring substituents is 1. The zero-order valence-corrected chi connectivity index (χ0v) is 11.0. The van der Waals surface area contributed by atoms with E-state index in [1.165, 1.54) is 18.2 Å². The molecule has 0 fully saturated rings. The molecule has 4 N–H and O–H groups in total. The molecule has 21 heavy (non-hydrogen) atoms. The molecule has 0 aliphatic rings. The number of para-hydroxylation sites is 1. The number of urea groups is 1. The van der Waals surface area contributed by atoms with Crippen molar-refractivity contribution in [3.8, 4) is 0 Å². The molecule has 0 aliphatic heterocycles. The standard InChI is InChI=1S/C12H15N3O6/c16-6-5-9(11(17)18)14-12(19)13-7-8-3-1-2-4-10(8)15(20)21/h1-4,9,16H,5-7H2,(H,17,18)(H2,13,14,19)/t9-/m1/s1. The lowest BCUT2D eigenvalue weighted by atomic mass is 10.2. The summed E-state index contributed by atoms with van der Waals surface area (Å²) >= 11 is 0. The van der Waals surface area contributed by atoms with Gasteiger partial charge in [-0.25, -0.2) is 9.59 Å². The highest BCUT2D eigenvalue weighted by Crippen LogP contribution is 2.16. The van der Waals surface area contributed by atoms with Gasteiger partial charge in [0, 0.05) is 24.7 Å². The van der Waals surface area contributed by atoms with Gasteiger partial charge < -0.3 is 20.8 Å². The van der Waals surface area contributed by atoms with Crippen molar-refractivity contribution in [2.45, 2.75) is 19.0 Å². The number of aliphatic hydroxyl groups excluding tert-OH is 1. The summed E-state index contributed by atoms with van der Waals surface area (Å²) in [6.45, 7) is -0.504. The number of rotatable bonds is 7. The lowest BCUT2D eigenvalue weighted by Crippen LogP contribution is -2.46. The Kier molecular flexibility index (Phi) is 6.08. The van der Waals surface area contributed by atoms with Crippen LogP contribution in [0.5, 0.6) is 0 Å². The molecule has 0 bridgehead atoms. The molecule has 0 radical (unpaired) electrons. The minimum Gasteiger partial charge on any atom is -0.480 e. The third-order valence-electron chi connectivity index (χ3n) is 2.65. The summed E-state index contributed by atoms with van der Waals surface area (Å²) < 4.78 is 0. The van der Waals surface area contributed by atoms with Crippen molar-refractivity contribution >= 4 is 17.7 Å². The molecular weight excluding hydrogens is 282 g/mol. The Balaban J connectivity index is 2.61. The molecule has 2 amide bonds. The molecule has 9 heteroatoms. The number of hydrogen-bond donors (Lipinski definition) is 4. The highest BCUT2D eigenvalue weighted by atomic mass is 16.6. The molecule has 9 nitrogen and oxygen atoms in total. The minimum absolute atomic E-state index is 0.117. The predicted molar refractivity (Wildman–Crippen MR) is 71.6 cm³/mol. The van der Waals surface area contributed by atoms with Crippen LogP contribution in [0.4, 0.5) is 10.5 Å². The number of carboxylic acid groups (broad SMARTS) is 1. The highest BCUT2D eigenvalue weighted by molar-refractivity contribution is 5.82. The van der Waals surface area contributed by atoms with Gasteiger partial charge >= 0.3 is 12.0 Å². The van der Waals surface area contributed by atoms with E-state index < -0.39 is 23.0 Å².